The Bertz CT molecular complexity index is 1540. The van der Waals surface area contributed by atoms with E-state index in [0.717, 1.165) is 82.0 Å². The van der Waals surface area contributed by atoms with Crippen molar-refractivity contribution in [3.63, 3.8) is 0 Å². The molecule has 0 saturated carbocycles. The molecule has 3 atom stereocenters. The molecule has 0 amide bonds. The van der Waals surface area contributed by atoms with Gasteiger partial charge in [0.15, 0.2) is 6.23 Å². The standard InChI is InChI=1S/C33H45N9O2/c1-22-17-29-27(18-36-42(29)30-8-4-5-16-43-30)31(23(22)2)40-14-10-26-28(20-40)37-33(44-21-25-7-6-13-39(25)3)38-32(26)41-15-12-35-24(19-41)9-11-34/h17-18,24-25,30,35H,4-10,12-16,19-21H2,1-3H3/t24-,25-,30?/m0/s1. The summed E-state index contributed by atoms with van der Waals surface area (Å²) in [5.41, 5.74) is 7.15. The lowest BCUT2D eigenvalue weighted by molar-refractivity contribution is -0.0366. The van der Waals surface area contributed by atoms with Crippen molar-refractivity contribution in [1.29, 1.82) is 5.26 Å². The maximum Gasteiger partial charge on any atom is 0.318 e. The first-order valence-electron chi connectivity index (χ1n) is 16.4. The number of likely N-dealkylation sites (N-methyl/N-ethyl adjacent to an activating group) is 1. The first-order chi connectivity index (χ1) is 21.5. The van der Waals surface area contributed by atoms with E-state index in [9.17, 15) is 5.26 Å². The first kappa shape index (κ1) is 29.3. The molecule has 234 valence electrons. The molecule has 2 aromatic heterocycles. The van der Waals surface area contributed by atoms with Gasteiger partial charge in [-0.1, -0.05) is 0 Å². The zero-order valence-corrected chi connectivity index (χ0v) is 26.4. The van der Waals surface area contributed by atoms with Gasteiger partial charge >= 0.3 is 6.01 Å². The van der Waals surface area contributed by atoms with Crippen molar-refractivity contribution in [3.8, 4) is 12.1 Å². The van der Waals surface area contributed by atoms with Gasteiger partial charge in [0.05, 0.1) is 42.1 Å². The van der Waals surface area contributed by atoms with Crippen LogP contribution < -0.4 is 19.9 Å². The minimum atomic E-state index is -0.00361. The number of benzene rings is 1. The molecule has 1 N–H and O–H groups in total. The van der Waals surface area contributed by atoms with Crippen molar-refractivity contribution in [1.82, 2.24) is 30.0 Å². The molecule has 44 heavy (non-hydrogen) atoms. The van der Waals surface area contributed by atoms with Crippen LogP contribution in [0.1, 0.15) is 67.1 Å². The quantitative estimate of drug-likeness (QED) is 0.430. The number of piperazine rings is 1. The van der Waals surface area contributed by atoms with Crippen molar-refractivity contribution >= 4 is 22.4 Å². The van der Waals surface area contributed by atoms with E-state index in [1.807, 2.05) is 6.20 Å². The second-order valence-electron chi connectivity index (χ2n) is 13.0. The van der Waals surface area contributed by atoms with Crippen LogP contribution >= 0.6 is 0 Å². The number of anilines is 2. The summed E-state index contributed by atoms with van der Waals surface area (Å²) in [6, 6.07) is 5.59. The maximum absolute atomic E-state index is 9.36. The Morgan fingerprint density at radius 3 is 2.82 bits per heavy atom. The van der Waals surface area contributed by atoms with E-state index in [1.165, 1.54) is 40.6 Å². The minimum absolute atomic E-state index is 0.00361. The molecule has 6 heterocycles. The summed E-state index contributed by atoms with van der Waals surface area (Å²) in [6.07, 6.45) is 8.97. The summed E-state index contributed by atoms with van der Waals surface area (Å²) in [7, 11) is 2.17. The molecular weight excluding hydrogens is 554 g/mol. The van der Waals surface area contributed by atoms with Crippen molar-refractivity contribution in [2.24, 2.45) is 0 Å². The number of fused-ring (bicyclic) bond motifs is 2. The number of rotatable bonds is 7. The molecule has 11 heteroatoms. The molecule has 0 radical (unpaired) electrons. The predicted molar refractivity (Wildman–Crippen MR) is 170 cm³/mol. The van der Waals surface area contributed by atoms with E-state index in [2.05, 4.69) is 57.7 Å². The third-order valence-corrected chi connectivity index (χ3v) is 10.1. The molecule has 0 aliphatic carbocycles. The second kappa shape index (κ2) is 12.5. The summed E-state index contributed by atoms with van der Waals surface area (Å²) in [6.45, 7) is 10.9. The van der Waals surface area contributed by atoms with Gasteiger partial charge in [-0.05, 0) is 83.2 Å². The Labute approximate surface area is 260 Å². The SMILES string of the molecule is Cc1cc2c(cnn2C2CCCCO2)c(N2CCc3c(nc(OC[C@@H]4CCCN4C)nc3N3CCN[C@@H](CC#N)C3)C2)c1C. The number of hydrogen-bond donors (Lipinski definition) is 1. The largest absolute Gasteiger partial charge is 0.462 e. The Morgan fingerprint density at radius 1 is 1.11 bits per heavy atom. The molecule has 3 saturated heterocycles. The van der Waals surface area contributed by atoms with E-state index >= 15 is 0 Å². The number of nitriles is 1. The average Bonchev–Trinajstić information content (AvgIpc) is 3.66. The lowest BCUT2D eigenvalue weighted by Crippen LogP contribution is -2.51. The normalized spacial score (nSPS) is 24.5. The molecule has 1 unspecified atom stereocenters. The van der Waals surface area contributed by atoms with Crippen LogP contribution in [0.15, 0.2) is 12.3 Å². The fourth-order valence-electron chi connectivity index (χ4n) is 7.48. The zero-order valence-electron chi connectivity index (χ0n) is 26.4. The van der Waals surface area contributed by atoms with Crippen LogP contribution in [0.3, 0.4) is 0 Å². The fourth-order valence-corrected chi connectivity index (χ4v) is 7.48. The lowest BCUT2D eigenvalue weighted by Gasteiger charge is -2.38. The maximum atomic E-state index is 9.36. The molecule has 4 aliphatic heterocycles. The zero-order chi connectivity index (χ0) is 30.2. The van der Waals surface area contributed by atoms with Crippen LogP contribution in [0.2, 0.25) is 0 Å². The molecule has 3 fully saturated rings. The molecule has 4 aliphatic rings. The monoisotopic (exact) mass is 599 g/mol. The number of ether oxygens (including phenoxy) is 2. The van der Waals surface area contributed by atoms with Gasteiger partial charge in [0.1, 0.15) is 12.4 Å². The van der Waals surface area contributed by atoms with Crippen LogP contribution in [-0.2, 0) is 17.7 Å². The number of likely N-dealkylation sites (tertiary alicyclic amines) is 1. The topological polar surface area (TPSA) is 108 Å². The minimum Gasteiger partial charge on any atom is -0.462 e. The number of aromatic nitrogens is 4. The summed E-state index contributed by atoms with van der Waals surface area (Å²) in [4.78, 5) is 17.3. The number of nitrogens with one attached hydrogen (secondary N) is 1. The van der Waals surface area contributed by atoms with Gasteiger partial charge in [0.25, 0.3) is 0 Å². The second-order valence-corrected chi connectivity index (χ2v) is 13.0. The summed E-state index contributed by atoms with van der Waals surface area (Å²) >= 11 is 0. The third-order valence-electron chi connectivity index (χ3n) is 10.1. The van der Waals surface area contributed by atoms with Crippen molar-refractivity contribution in [2.75, 3.05) is 62.8 Å². The highest BCUT2D eigenvalue weighted by atomic mass is 16.5. The Hall–Kier alpha value is -3.46. The van der Waals surface area contributed by atoms with Gasteiger partial charge < -0.3 is 29.5 Å². The van der Waals surface area contributed by atoms with E-state index < -0.39 is 0 Å². The molecule has 0 bridgehead atoms. The highest BCUT2D eigenvalue weighted by Crippen LogP contribution is 2.39. The smallest absolute Gasteiger partial charge is 0.318 e. The third kappa shape index (κ3) is 5.59. The van der Waals surface area contributed by atoms with E-state index in [0.29, 0.717) is 31.6 Å². The predicted octanol–water partition coefficient (Wildman–Crippen LogP) is 3.87. The van der Waals surface area contributed by atoms with E-state index in [1.54, 1.807) is 0 Å². The molecule has 1 aromatic carbocycles. The van der Waals surface area contributed by atoms with Gasteiger partial charge in [-0.3, -0.25) is 0 Å². The van der Waals surface area contributed by atoms with Crippen LogP contribution in [0, 0.1) is 25.2 Å². The van der Waals surface area contributed by atoms with Gasteiger partial charge in [-0.25, -0.2) is 4.68 Å². The molecule has 11 nitrogen and oxygen atoms in total. The van der Waals surface area contributed by atoms with Crippen LogP contribution in [0.5, 0.6) is 6.01 Å². The van der Waals surface area contributed by atoms with E-state index in [4.69, 9.17) is 24.5 Å². The van der Waals surface area contributed by atoms with Gasteiger partial charge in [-0.15, -0.1) is 0 Å². The van der Waals surface area contributed by atoms with Crippen LogP contribution in [-0.4, -0.2) is 89.7 Å². The molecule has 7 rings (SSSR count). The Morgan fingerprint density at radius 2 is 2.02 bits per heavy atom. The van der Waals surface area contributed by atoms with Crippen LogP contribution in [0.25, 0.3) is 10.9 Å². The highest BCUT2D eigenvalue weighted by Gasteiger charge is 2.31. The van der Waals surface area contributed by atoms with Crippen LogP contribution in [0.4, 0.5) is 11.5 Å². The van der Waals surface area contributed by atoms with Crippen molar-refractivity contribution in [3.05, 3.63) is 34.6 Å². The van der Waals surface area contributed by atoms with Crippen molar-refractivity contribution < 1.29 is 9.47 Å². The summed E-state index contributed by atoms with van der Waals surface area (Å²) in [5, 5.41) is 18.9. The first-order valence-corrected chi connectivity index (χ1v) is 16.4. The number of hydrogen-bond acceptors (Lipinski definition) is 10. The summed E-state index contributed by atoms with van der Waals surface area (Å²) < 4.78 is 14.6. The van der Waals surface area contributed by atoms with Gasteiger partial charge in [-0.2, -0.15) is 20.3 Å². The number of nitrogens with zero attached hydrogens (tertiary/aromatic N) is 8. The van der Waals surface area contributed by atoms with E-state index in [-0.39, 0.29) is 12.3 Å². The van der Waals surface area contributed by atoms with Gasteiger partial charge in [0.2, 0.25) is 0 Å². The number of aryl methyl sites for hydroxylation is 1. The summed E-state index contributed by atoms with van der Waals surface area (Å²) in [5.74, 6) is 0.974. The highest BCUT2D eigenvalue weighted by molar-refractivity contribution is 5.95. The average molecular weight is 600 g/mol. The van der Waals surface area contributed by atoms with Crippen molar-refractivity contribution in [2.45, 2.75) is 83.6 Å². The lowest BCUT2D eigenvalue weighted by atomic mass is 9.99. The molecule has 0 spiro atoms. The Kier molecular flexibility index (Phi) is 8.31. The van der Waals surface area contributed by atoms with Gasteiger partial charge in [0, 0.05) is 55.8 Å². The fraction of sp³-hybridized carbons (Fsp3) is 0.636. The Balaban J connectivity index is 1.23. The molecular formula is C33H45N9O2. The molecule has 3 aromatic rings.